The number of methoxy groups -OCH3 is 5. The molecule has 92 valence electrons. The summed E-state index contributed by atoms with van der Waals surface area (Å²) >= 11 is 0. The second-order valence-electron chi connectivity index (χ2n) is 3.13. The van der Waals surface area contributed by atoms with Crippen molar-refractivity contribution in [2.75, 3.05) is 35.5 Å². The smallest absolute Gasteiger partial charge is 0.159 e. The third kappa shape index (κ3) is 6.06. The number of rotatable bonds is 9. The topological polar surface area (TPSA) is 46.2 Å². The molecule has 0 N–H and O–H groups in total. The van der Waals surface area contributed by atoms with Crippen LogP contribution >= 0.6 is 0 Å². The van der Waals surface area contributed by atoms with Crippen LogP contribution in [0.3, 0.4) is 0 Å². The van der Waals surface area contributed by atoms with Crippen molar-refractivity contribution in [1.82, 2.24) is 0 Å². The number of ether oxygens (including phenoxy) is 5. The molecule has 0 unspecified atom stereocenters. The van der Waals surface area contributed by atoms with Gasteiger partial charge in [0, 0.05) is 48.4 Å². The highest BCUT2D eigenvalue weighted by molar-refractivity contribution is 4.62. The maximum absolute atomic E-state index is 5.30. The van der Waals surface area contributed by atoms with E-state index in [4.69, 9.17) is 23.7 Å². The molecule has 0 aliphatic rings. The first-order valence-corrected chi connectivity index (χ1v) is 4.85. The zero-order chi connectivity index (χ0) is 11.7. The third-order valence-electron chi connectivity index (χ3n) is 2.30. The summed E-state index contributed by atoms with van der Waals surface area (Å²) in [5.41, 5.74) is 0. The predicted octanol–water partition coefficient (Wildman–Crippen LogP) is 1.02. The monoisotopic (exact) mass is 222 g/mol. The summed E-state index contributed by atoms with van der Waals surface area (Å²) in [6, 6.07) is 0. The van der Waals surface area contributed by atoms with Gasteiger partial charge in [0.05, 0.1) is 6.10 Å². The van der Waals surface area contributed by atoms with Crippen LogP contribution in [0.15, 0.2) is 0 Å². The van der Waals surface area contributed by atoms with E-state index in [0.717, 1.165) is 0 Å². The van der Waals surface area contributed by atoms with E-state index >= 15 is 0 Å². The molecule has 0 amide bonds. The molecule has 0 aromatic rings. The van der Waals surface area contributed by atoms with E-state index in [9.17, 15) is 0 Å². The van der Waals surface area contributed by atoms with Crippen molar-refractivity contribution in [2.45, 2.75) is 31.5 Å². The van der Waals surface area contributed by atoms with E-state index in [1.54, 1.807) is 35.5 Å². The molecular formula is C10H22O5. The highest BCUT2D eigenvalue weighted by Gasteiger charge is 2.19. The van der Waals surface area contributed by atoms with E-state index < -0.39 is 0 Å². The Hall–Kier alpha value is -0.200. The Morgan fingerprint density at radius 2 is 0.933 bits per heavy atom. The molecule has 0 atom stereocenters. The molecule has 0 heterocycles. The van der Waals surface area contributed by atoms with E-state index in [1.165, 1.54) is 0 Å². The van der Waals surface area contributed by atoms with Gasteiger partial charge in [-0.2, -0.15) is 0 Å². The van der Waals surface area contributed by atoms with Crippen molar-refractivity contribution in [2.24, 2.45) is 0 Å². The van der Waals surface area contributed by atoms with Gasteiger partial charge in [-0.25, -0.2) is 0 Å². The fraction of sp³-hybridized carbons (Fsp3) is 1.00. The second-order valence-corrected chi connectivity index (χ2v) is 3.13. The molecule has 0 spiro atoms. The van der Waals surface area contributed by atoms with Gasteiger partial charge in [0.15, 0.2) is 12.6 Å². The standard InChI is InChI=1S/C10H22O5/c1-11-8(6-9(12-2)13-3)7-10(14-4)15-5/h8-10H,6-7H2,1-5H3. The van der Waals surface area contributed by atoms with Gasteiger partial charge in [-0.1, -0.05) is 0 Å². The Morgan fingerprint density at radius 3 is 1.13 bits per heavy atom. The minimum Gasteiger partial charge on any atom is -0.381 e. The molecule has 0 fully saturated rings. The Kier molecular flexibility index (Phi) is 8.94. The maximum Gasteiger partial charge on any atom is 0.159 e. The van der Waals surface area contributed by atoms with E-state index in [-0.39, 0.29) is 18.7 Å². The van der Waals surface area contributed by atoms with E-state index in [2.05, 4.69) is 0 Å². The lowest BCUT2D eigenvalue weighted by Gasteiger charge is -2.23. The van der Waals surface area contributed by atoms with E-state index in [1.807, 2.05) is 0 Å². The lowest BCUT2D eigenvalue weighted by molar-refractivity contribution is -0.154. The van der Waals surface area contributed by atoms with Gasteiger partial charge in [-0.05, 0) is 0 Å². The molecule has 0 aliphatic carbocycles. The summed E-state index contributed by atoms with van der Waals surface area (Å²) in [5, 5.41) is 0. The summed E-state index contributed by atoms with van der Waals surface area (Å²) in [7, 11) is 8.06. The molecule has 0 saturated heterocycles. The average Bonchev–Trinajstić information content (AvgIpc) is 2.30. The van der Waals surface area contributed by atoms with Gasteiger partial charge in [-0.3, -0.25) is 0 Å². The van der Waals surface area contributed by atoms with Gasteiger partial charge >= 0.3 is 0 Å². The lowest BCUT2D eigenvalue weighted by atomic mass is 10.1. The molecule has 15 heavy (non-hydrogen) atoms. The zero-order valence-corrected chi connectivity index (χ0v) is 10.2. The Labute approximate surface area is 91.6 Å². The Balaban J connectivity index is 4.00. The predicted molar refractivity (Wildman–Crippen MR) is 55.6 cm³/mol. The first-order chi connectivity index (χ1) is 7.21. The number of hydrogen-bond acceptors (Lipinski definition) is 5. The summed E-state index contributed by atoms with van der Waals surface area (Å²) in [6.45, 7) is 0. The van der Waals surface area contributed by atoms with Crippen LogP contribution < -0.4 is 0 Å². The van der Waals surface area contributed by atoms with Crippen molar-refractivity contribution < 1.29 is 23.7 Å². The van der Waals surface area contributed by atoms with Gasteiger partial charge in [-0.15, -0.1) is 0 Å². The largest absolute Gasteiger partial charge is 0.381 e. The SMILES string of the molecule is COC(CC(OC)OC)CC(OC)OC. The van der Waals surface area contributed by atoms with E-state index in [0.29, 0.717) is 12.8 Å². The van der Waals surface area contributed by atoms with Gasteiger partial charge in [0.2, 0.25) is 0 Å². The summed E-state index contributed by atoms with van der Waals surface area (Å²) < 4.78 is 25.7. The van der Waals surface area contributed by atoms with Gasteiger partial charge < -0.3 is 23.7 Å². The molecule has 5 heteroatoms. The molecule has 5 nitrogen and oxygen atoms in total. The maximum atomic E-state index is 5.30. The van der Waals surface area contributed by atoms with Crippen molar-refractivity contribution in [3.8, 4) is 0 Å². The number of hydrogen-bond donors (Lipinski definition) is 0. The molecule has 0 aromatic heterocycles. The molecular weight excluding hydrogens is 200 g/mol. The van der Waals surface area contributed by atoms with Crippen molar-refractivity contribution in [1.29, 1.82) is 0 Å². The quantitative estimate of drug-likeness (QED) is 0.545. The normalized spacial score (nSPS) is 12.0. The minimum absolute atomic E-state index is 0.0141. The van der Waals surface area contributed by atoms with Crippen LogP contribution in [0.1, 0.15) is 12.8 Å². The van der Waals surface area contributed by atoms with Crippen LogP contribution in [0.25, 0.3) is 0 Å². The molecule has 0 bridgehead atoms. The van der Waals surface area contributed by atoms with Gasteiger partial charge in [0.25, 0.3) is 0 Å². The third-order valence-corrected chi connectivity index (χ3v) is 2.30. The molecule has 0 radical (unpaired) electrons. The molecule has 0 aliphatic heterocycles. The molecule has 0 rings (SSSR count). The van der Waals surface area contributed by atoms with Crippen LogP contribution in [-0.4, -0.2) is 54.2 Å². The van der Waals surface area contributed by atoms with Crippen LogP contribution in [0.5, 0.6) is 0 Å². The summed E-state index contributed by atoms with van der Waals surface area (Å²) in [4.78, 5) is 0. The summed E-state index contributed by atoms with van der Waals surface area (Å²) in [5.74, 6) is 0. The minimum atomic E-state index is -0.260. The fourth-order valence-corrected chi connectivity index (χ4v) is 1.30. The average molecular weight is 222 g/mol. The Morgan fingerprint density at radius 1 is 0.600 bits per heavy atom. The van der Waals surface area contributed by atoms with Crippen LogP contribution in [0, 0.1) is 0 Å². The first-order valence-electron chi connectivity index (χ1n) is 4.85. The zero-order valence-electron chi connectivity index (χ0n) is 10.2. The summed E-state index contributed by atoms with van der Waals surface area (Å²) in [6.07, 6.45) is 0.757. The van der Waals surface area contributed by atoms with Crippen molar-refractivity contribution >= 4 is 0 Å². The van der Waals surface area contributed by atoms with Crippen LogP contribution in [-0.2, 0) is 23.7 Å². The van der Waals surface area contributed by atoms with Gasteiger partial charge in [0.1, 0.15) is 0 Å². The van der Waals surface area contributed by atoms with Crippen molar-refractivity contribution in [3.05, 3.63) is 0 Å². The molecule has 0 saturated carbocycles. The second kappa shape index (κ2) is 9.06. The Bertz CT molecular complexity index is 120. The fourth-order valence-electron chi connectivity index (χ4n) is 1.30. The van der Waals surface area contributed by atoms with Crippen LogP contribution in [0.2, 0.25) is 0 Å². The van der Waals surface area contributed by atoms with Crippen LogP contribution in [0.4, 0.5) is 0 Å². The molecule has 0 aromatic carbocycles. The highest BCUT2D eigenvalue weighted by Crippen LogP contribution is 2.13. The lowest BCUT2D eigenvalue weighted by Crippen LogP contribution is -2.28. The first kappa shape index (κ1) is 14.8. The highest BCUT2D eigenvalue weighted by atomic mass is 16.7. The van der Waals surface area contributed by atoms with Crippen molar-refractivity contribution in [3.63, 3.8) is 0 Å².